The Bertz CT molecular complexity index is 536. The Kier molecular flexibility index (Phi) is 1.91. The van der Waals surface area contributed by atoms with Crippen LogP contribution in [0.4, 0.5) is 5.82 Å². The summed E-state index contributed by atoms with van der Waals surface area (Å²) in [7, 11) is 0. The molecule has 0 fully saturated rings. The SMILES string of the molecule is Cc1cccc2c(N=C=O)nc(C)n12. The van der Waals surface area contributed by atoms with Crippen LogP contribution in [0.3, 0.4) is 0 Å². The highest BCUT2D eigenvalue weighted by atomic mass is 16.1. The van der Waals surface area contributed by atoms with Crippen molar-refractivity contribution in [2.24, 2.45) is 4.99 Å². The minimum atomic E-state index is 0.432. The van der Waals surface area contributed by atoms with Crippen LogP contribution in [0, 0.1) is 13.8 Å². The fraction of sp³-hybridized carbons (Fsp3) is 0.200. The van der Waals surface area contributed by atoms with Gasteiger partial charge in [-0.2, -0.15) is 0 Å². The van der Waals surface area contributed by atoms with Gasteiger partial charge in [0.1, 0.15) is 5.82 Å². The minimum absolute atomic E-state index is 0.432. The molecule has 0 saturated heterocycles. The topological polar surface area (TPSA) is 46.7 Å². The van der Waals surface area contributed by atoms with Gasteiger partial charge in [-0.3, -0.25) is 4.40 Å². The van der Waals surface area contributed by atoms with Crippen LogP contribution in [0.15, 0.2) is 23.2 Å². The van der Waals surface area contributed by atoms with Crippen LogP contribution in [0.2, 0.25) is 0 Å². The van der Waals surface area contributed by atoms with Gasteiger partial charge in [0.15, 0.2) is 5.82 Å². The number of isocyanates is 1. The van der Waals surface area contributed by atoms with Gasteiger partial charge in [0.25, 0.3) is 0 Å². The molecule has 2 heterocycles. The number of fused-ring (bicyclic) bond motifs is 1. The number of nitrogens with zero attached hydrogens (tertiary/aromatic N) is 3. The zero-order valence-electron chi connectivity index (χ0n) is 7.98. The van der Waals surface area contributed by atoms with Crippen LogP contribution in [-0.2, 0) is 4.79 Å². The minimum Gasteiger partial charge on any atom is -0.299 e. The Hall–Kier alpha value is -1.93. The van der Waals surface area contributed by atoms with Crippen molar-refractivity contribution in [1.82, 2.24) is 9.38 Å². The molecule has 0 aliphatic carbocycles. The van der Waals surface area contributed by atoms with Crippen LogP contribution < -0.4 is 0 Å². The van der Waals surface area contributed by atoms with Gasteiger partial charge in [0.2, 0.25) is 6.08 Å². The molecule has 0 aliphatic heterocycles. The standard InChI is InChI=1S/C10H9N3O/c1-7-4-3-5-9-10(11-6-14)12-8(2)13(7)9/h3-5H,1-2H3. The van der Waals surface area contributed by atoms with Gasteiger partial charge >= 0.3 is 0 Å². The Morgan fingerprint density at radius 1 is 1.43 bits per heavy atom. The van der Waals surface area contributed by atoms with Crippen molar-refractivity contribution in [3.63, 3.8) is 0 Å². The van der Waals surface area contributed by atoms with E-state index in [1.54, 1.807) is 0 Å². The fourth-order valence-electron chi connectivity index (χ4n) is 1.61. The third-order valence-corrected chi connectivity index (χ3v) is 2.16. The zero-order valence-corrected chi connectivity index (χ0v) is 7.98. The molecule has 0 unspecified atom stereocenters. The predicted molar refractivity (Wildman–Crippen MR) is 52.4 cm³/mol. The second kappa shape index (κ2) is 3.09. The third kappa shape index (κ3) is 1.13. The summed E-state index contributed by atoms with van der Waals surface area (Å²) in [6.07, 6.45) is 1.51. The second-order valence-corrected chi connectivity index (χ2v) is 3.07. The number of rotatable bonds is 1. The molecule has 0 aromatic carbocycles. The lowest BCUT2D eigenvalue weighted by atomic mass is 10.3. The van der Waals surface area contributed by atoms with Crippen molar-refractivity contribution in [1.29, 1.82) is 0 Å². The summed E-state index contributed by atoms with van der Waals surface area (Å²) in [5, 5.41) is 0. The number of carbonyl (C=O) groups excluding carboxylic acids is 1. The number of imidazole rings is 1. The summed E-state index contributed by atoms with van der Waals surface area (Å²) in [6, 6.07) is 5.77. The van der Waals surface area contributed by atoms with E-state index in [9.17, 15) is 4.79 Å². The average Bonchev–Trinajstić information content (AvgIpc) is 2.46. The van der Waals surface area contributed by atoms with Crippen LogP contribution in [0.25, 0.3) is 5.52 Å². The van der Waals surface area contributed by atoms with E-state index in [2.05, 4.69) is 9.98 Å². The molecule has 4 nitrogen and oxygen atoms in total. The monoisotopic (exact) mass is 187 g/mol. The maximum atomic E-state index is 10.2. The molecule has 0 spiro atoms. The summed E-state index contributed by atoms with van der Waals surface area (Å²) in [6.45, 7) is 3.86. The fourth-order valence-corrected chi connectivity index (χ4v) is 1.61. The lowest BCUT2D eigenvalue weighted by molar-refractivity contribution is 0.565. The van der Waals surface area contributed by atoms with Gasteiger partial charge in [0, 0.05) is 5.69 Å². The predicted octanol–water partition coefficient (Wildman–Crippen LogP) is 1.92. The summed E-state index contributed by atoms with van der Waals surface area (Å²) in [5.41, 5.74) is 1.91. The van der Waals surface area contributed by atoms with Crippen LogP contribution in [0.1, 0.15) is 11.5 Å². The molecule has 0 aliphatic rings. The largest absolute Gasteiger partial charge is 0.299 e. The van der Waals surface area contributed by atoms with E-state index in [-0.39, 0.29) is 0 Å². The van der Waals surface area contributed by atoms with Crippen molar-refractivity contribution in [2.75, 3.05) is 0 Å². The quantitative estimate of drug-likeness (QED) is 0.505. The highest BCUT2D eigenvalue weighted by molar-refractivity contribution is 5.69. The number of aliphatic imine (C=N–C) groups is 1. The first-order chi connectivity index (χ1) is 6.74. The normalized spacial score (nSPS) is 10.1. The Morgan fingerprint density at radius 3 is 2.93 bits per heavy atom. The molecule has 0 saturated carbocycles. The van der Waals surface area contributed by atoms with Gasteiger partial charge in [0.05, 0.1) is 5.52 Å². The average molecular weight is 187 g/mol. The molecule has 4 heteroatoms. The number of hydrogen-bond acceptors (Lipinski definition) is 3. The summed E-state index contributed by atoms with van der Waals surface area (Å²) in [5.74, 6) is 1.26. The highest BCUT2D eigenvalue weighted by Crippen LogP contribution is 2.21. The molecule has 14 heavy (non-hydrogen) atoms. The number of hydrogen-bond donors (Lipinski definition) is 0. The molecule has 0 bridgehead atoms. The lowest BCUT2D eigenvalue weighted by Crippen LogP contribution is -1.91. The molecule has 70 valence electrons. The third-order valence-electron chi connectivity index (χ3n) is 2.16. The molecule has 0 atom stereocenters. The molecule has 2 rings (SSSR count). The van der Waals surface area contributed by atoms with E-state index < -0.39 is 0 Å². The maximum absolute atomic E-state index is 10.2. The van der Waals surface area contributed by atoms with E-state index >= 15 is 0 Å². The summed E-state index contributed by atoms with van der Waals surface area (Å²) >= 11 is 0. The van der Waals surface area contributed by atoms with E-state index in [4.69, 9.17) is 0 Å². The van der Waals surface area contributed by atoms with E-state index in [1.807, 2.05) is 36.4 Å². The van der Waals surface area contributed by atoms with Crippen molar-refractivity contribution >= 4 is 17.4 Å². The van der Waals surface area contributed by atoms with Crippen LogP contribution in [-0.4, -0.2) is 15.5 Å². The van der Waals surface area contributed by atoms with E-state index in [0.29, 0.717) is 5.82 Å². The second-order valence-electron chi connectivity index (χ2n) is 3.07. The van der Waals surface area contributed by atoms with Crippen LogP contribution >= 0.6 is 0 Å². The lowest BCUT2D eigenvalue weighted by Gasteiger charge is -1.99. The Balaban J connectivity index is 2.90. The molecular formula is C10H9N3O. The van der Waals surface area contributed by atoms with E-state index in [0.717, 1.165) is 17.0 Å². The smallest absolute Gasteiger partial charge is 0.242 e. The number of aromatic nitrogens is 2. The molecular weight excluding hydrogens is 178 g/mol. The number of pyridine rings is 1. The first-order valence-electron chi connectivity index (χ1n) is 4.26. The van der Waals surface area contributed by atoms with Crippen molar-refractivity contribution < 1.29 is 4.79 Å². The molecule has 2 aromatic heterocycles. The van der Waals surface area contributed by atoms with Gasteiger partial charge < -0.3 is 0 Å². The highest BCUT2D eigenvalue weighted by Gasteiger charge is 2.07. The first-order valence-corrected chi connectivity index (χ1v) is 4.26. The van der Waals surface area contributed by atoms with Gasteiger partial charge in [-0.15, -0.1) is 4.99 Å². The van der Waals surface area contributed by atoms with Crippen molar-refractivity contribution in [3.05, 3.63) is 29.7 Å². The molecule has 2 aromatic rings. The summed E-state index contributed by atoms with van der Waals surface area (Å²) in [4.78, 5) is 17.9. The zero-order chi connectivity index (χ0) is 10.1. The molecule has 0 N–H and O–H groups in total. The van der Waals surface area contributed by atoms with Crippen molar-refractivity contribution in [2.45, 2.75) is 13.8 Å². The van der Waals surface area contributed by atoms with Gasteiger partial charge in [-0.25, -0.2) is 9.78 Å². The van der Waals surface area contributed by atoms with Crippen molar-refractivity contribution in [3.8, 4) is 0 Å². The first kappa shape index (κ1) is 8.66. The van der Waals surface area contributed by atoms with Gasteiger partial charge in [-0.1, -0.05) is 6.07 Å². The maximum Gasteiger partial charge on any atom is 0.242 e. The molecule has 0 radical (unpaired) electrons. The molecule has 0 amide bonds. The number of aryl methyl sites for hydroxylation is 2. The van der Waals surface area contributed by atoms with Crippen LogP contribution in [0.5, 0.6) is 0 Å². The summed E-state index contributed by atoms with van der Waals surface area (Å²) < 4.78 is 1.95. The van der Waals surface area contributed by atoms with E-state index in [1.165, 1.54) is 6.08 Å². The Morgan fingerprint density at radius 2 is 2.21 bits per heavy atom. The van der Waals surface area contributed by atoms with Gasteiger partial charge in [-0.05, 0) is 26.0 Å². The Labute approximate surface area is 80.9 Å².